The lowest BCUT2D eigenvalue weighted by Crippen LogP contribution is -2.41. The second-order valence-electron chi connectivity index (χ2n) is 7.35. The number of methoxy groups -OCH3 is 1. The number of nitrogens with zero attached hydrogens (tertiary/aromatic N) is 1. The van der Waals surface area contributed by atoms with Crippen LogP contribution in [0.4, 0.5) is 5.69 Å². The molecule has 0 saturated heterocycles. The second-order valence-corrected chi connectivity index (χ2v) is 7.35. The summed E-state index contributed by atoms with van der Waals surface area (Å²) in [4.78, 5) is 37.3. The minimum Gasteiger partial charge on any atom is -0.498 e. The van der Waals surface area contributed by atoms with Crippen LogP contribution in [0.25, 0.3) is 5.57 Å². The first-order valence-corrected chi connectivity index (χ1v) is 9.84. The first kappa shape index (κ1) is 25.4. The van der Waals surface area contributed by atoms with Crippen molar-refractivity contribution in [1.82, 2.24) is 5.32 Å². The fourth-order valence-corrected chi connectivity index (χ4v) is 3.52. The normalized spacial score (nSPS) is 13.9. The molecule has 5 N–H and O–H groups in total. The number of nitrogens with one attached hydrogen (secondary N) is 2. The summed E-state index contributed by atoms with van der Waals surface area (Å²) in [6.45, 7) is 1.52. The SMILES string of the molecule is COC1=C(c2ccc(C(=N)N)cc2)C(=O)N(c2ccc(CC(NC(C)=O)C(=O)O)cc2)C1.Cl. The zero-order valence-electron chi connectivity index (χ0n) is 18.1. The van der Waals surface area contributed by atoms with Crippen molar-refractivity contribution in [3.05, 3.63) is 71.0 Å². The molecule has 2 aromatic rings. The van der Waals surface area contributed by atoms with E-state index in [2.05, 4.69) is 5.32 Å². The number of amides is 2. The Hall–Kier alpha value is -3.85. The standard InChI is InChI=1S/C23H24N4O5.ClH/c1-13(28)26-18(23(30)31)11-14-3-9-17(10-4-14)27-12-19(32-2)20(22(27)29)15-5-7-16(8-6-15)21(24)25;/h3-10,18H,11-12H2,1-2H3,(H3,24,25)(H,26,28)(H,30,31);1H. The Morgan fingerprint density at radius 3 is 2.27 bits per heavy atom. The highest BCUT2D eigenvalue weighted by Gasteiger charge is 2.33. The lowest BCUT2D eigenvalue weighted by atomic mass is 10.0. The number of halogens is 1. The zero-order chi connectivity index (χ0) is 23.4. The molecule has 33 heavy (non-hydrogen) atoms. The second kappa shape index (κ2) is 10.6. The highest BCUT2D eigenvalue weighted by Crippen LogP contribution is 2.32. The number of carboxylic acids is 1. The Labute approximate surface area is 197 Å². The maximum atomic E-state index is 13.2. The number of carbonyl (C=O) groups excluding carboxylic acids is 2. The molecule has 1 atom stereocenters. The van der Waals surface area contributed by atoms with Crippen molar-refractivity contribution in [3.63, 3.8) is 0 Å². The van der Waals surface area contributed by atoms with Gasteiger partial charge in [-0.25, -0.2) is 4.79 Å². The maximum Gasteiger partial charge on any atom is 0.326 e. The number of rotatable bonds is 8. The summed E-state index contributed by atoms with van der Waals surface area (Å²) in [6.07, 6.45) is 0.123. The molecule has 0 bridgehead atoms. The van der Waals surface area contributed by atoms with Gasteiger partial charge in [-0.1, -0.05) is 36.4 Å². The zero-order valence-corrected chi connectivity index (χ0v) is 18.9. The van der Waals surface area contributed by atoms with Gasteiger partial charge in [0, 0.05) is 24.6 Å². The molecule has 0 radical (unpaired) electrons. The number of ether oxygens (including phenoxy) is 1. The smallest absolute Gasteiger partial charge is 0.326 e. The fraction of sp³-hybridized carbons (Fsp3) is 0.217. The summed E-state index contributed by atoms with van der Waals surface area (Å²) in [7, 11) is 1.51. The largest absolute Gasteiger partial charge is 0.498 e. The topological polar surface area (TPSA) is 146 Å². The predicted octanol–water partition coefficient (Wildman–Crippen LogP) is 1.93. The van der Waals surface area contributed by atoms with E-state index >= 15 is 0 Å². The number of nitrogen functional groups attached to an aromatic ring is 1. The number of carbonyl (C=O) groups is 3. The van der Waals surface area contributed by atoms with Crippen molar-refractivity contribution in [2.75, 3.05) is 18.6 Å². The van der Waals surface area contributed by atoms with Crippen LogP contribution >= 0.6 is 12.4 Å². The summed E-state index contributed by atoms with van der Waals surface area (Å²) < 4.78 is 5.46. The molecule has 0 aromatic heterocycles. The Bertz CT molecular complexity index is 1100. The summed E-state index contributed by atoms with van der Waals surface area (Å²) in [5.74, 6) is -1.30. The minimum absolute atomic E-state index is 0. The first-order chi connectivity index (χ1) is 15.2. The van der Waals surface area contributed by atoms with Gasteiger partial charge in [0.1, 0.15) is 17.6 Å². The van der Waals surface area contributed by atoms with Crippen molar-refractivity contribution in [2.45, 2.75) is 19.4 Å². The van der Waals surface area contributed by atoms with Crippen LogP contribution in [0.5, 0.6) is 0 Å². The number of hydrogen-bond acceptors (Lipinski definition) is 5. The molecule has 2 amide bonds. The van der Waals surface area contributed by atoms with Crippen molar-refractivity contribution in [1.29, 1.82) is 5.41 Å². The number of aliphatic carboxylic acids is 1. The predicted molar refractivity (Wildman–Crippen MR) is 126 cm³/mol. The highest BCUT2D eigenvalue weighted by atomic mass is 35.5. The molecule has 3 rings (SSSR count). The Morgan fingerprint density at radius 2 is 1.79 bits per heavy atom. The van der Waals surface area contributed by atoms with Crippen LogP contribution in [-0.4, -0.2) is 48.4 Å². The van der Waals surface area contributed by atoms with Gasteiger partial charge in [0.2, 0.25) is 5.91 Å². The van der Waals surface area contributed by atoms with E-state index in [-0.39, 0.29) is 37.1 Å². The molecule has 1 aliphatic heterocycles. The van der Waals surface area contributed by atoms with Crippen LogP contribution in [0.3, 0.4) is 0 Å². The maximum absolute atomic E-state index is 13.2. The summed E-state index contributed by atoms with van der Waals surface area (Å²) >= 11 is 0. The van der Waals surface area contributed by atoms with Crippen LogP contribution < -0.4 is 16.0 Å². The molecule has 1 unspecified atom stereocenters. The summed E-state index contributed by atoms with van der Waals surface area (Å²) in [5, 5.41) is 19.2. The molecule has 1 aliphatic rings. The number of anilines is 1. The minimum atomic E-state index is -1.12. The van der Waals surface area contributed by atoms with Gasteiger partial charge in [-0.05, 0) is 23.3 Å². The molecule has 9 nitrogen and oxygen atoms in total. The number of amidine groups is 1. The molecule has 0 fully saturated rings. The Kier molecular flexibility index (Phi) is 8.20. The number of hydrogen-bond donors (Lipinski definition) is 4. The fourth-order valence-electron chi connectivity index (χ4n) is 3.52. The van der Waals surface area contributed by atoms with Gasteiger partial charge >= 0.3 is 5.97 Å². The Balaban J connectivity index is 0.00000385. The molecule has 2 aromatic carbocycles. The third kappa shape index (κ3) is 5.69. The molecule has 10 heteroatoms. The van der Waals surface area contributed by atoms with Gasteiger partial charge in [-0.15, -0.1) is 12.4 Å². The lowest BCUT2D eigenvalue weighted by molar-refractivity contribution is -0.141. The van der Waals surface area contributed by atoms with E-state index in [0.717, 1.165) is 0 Å². The van der Waals surface area contributed by atoms with E-state index in [0.29, 0.717) is 33.7 Å². The van der Waals surface area contributed by atoms with Crippen molar-refractivity contribution < 1.29 is 24.2 Å². The van der Waals surface area contributed by atoms with Crippen LogP contribution in [0.1, 0.15) is 23.6 Å². The average molecular weight is 473 g/mol. The van der Waals surface area contributed by atoms with E-state index in [1.165, 1.54) is 14.0 Å². The van der Waals surface area contributed by atoms with E-state index in [9.17, 15) is 19.5 Å². The van der Waals surface area contributed by atoms with E-state index < -0.39 is 17.9 Å². The van der Waals surface area contributed by atoms with E-state index in [1.807, 2.05) is 0 Å². The van der Waals surface area contributed by atoms with E-state index in [1.54, 1.807) is 53.4 Å². The molecule has 0 spiro atoms. The lowest BCUT2D eigenvalue weighted by Gasteiger charge is -2.18. The molecular formula is C23H25ClN4O5. The molecular weight excluding hydrogens is 448 g/mol. The van der Waals surface area contributed by atoms with Crippen molar-refractivity contribution in [2.24, 2.45) is 5.73 Å². The average Bonchev–Trinajstić information content (AvgIpc) is 3.09. The third-order valence-corrected chi connectivity index (χ3v) is 5.13. The van der Waals surface area contributed by atoms with Crippen LogP contribution in [0.2, 0.25) is 0 Å². The van der Waals surface area contributed by atoms with Gasteiger partial charge in [-0.2, -0.15) is 0 Å². The number of nitrogens with two attached hydrogens (primary N) is 1. The van der Waals surface area contributed by atoms with Gasteiger partial charge in [0.15, 0.2) is 0 Å². The van der Waals surface area contributed by atoms with Gasteiger partial charge in [-0.3, -0.25) is 15.0 Å². The first-order valence-electron chi connectivity index (χ1n) is 9.84. The quantitative estimate of drug-likeness (QED) is 0.341. The summed E-state index contributed by atoms with van der Waals surface area (Å²) in [6, 6.07) is 12.7. The Morgan fingerprint density at radius 1 is 1.18 bits per heavy atom. The van der Waals surface area contributed by atoms with Gasteiger partial charge in [0.25, 0.3) is 5.91 Å². The van der Waals surface area contributed by atoms with Gasteiger partial charge in [0.05, 0.1) is 19.2 Å². The van der Waals surface area contributed by atoms with Crippen LogP contribution in [0, 0.1) is 5.41 Å². The van der Waals surface area contributed by atoms with Crippen LogP contribution in [0.15, 0.2) is 54.3 Å². The third-order valence-electron chi connectivity index (χ3n) is 5.13. The summed E-state index contributed by atoms with van der Waals surface area (Å²) in [5.41, 5.74) is 8.50. The van der Waals surface area contributed by atoms with E-state index in [4.69, 9.17) is 15.9 Å². The van der Waals surface area contributed by atoms with Crippen molar-refractivity contribution in [3.8, 4) is 0 Å². The van der Waals surface area contributed by atoms with Crippen molar-refractivity contribution >= 4 is 47.3 Å². The number of carboxylic acid groups (broad SMARTS) is 1. The monoisotopic (exact) mass is 472 g/mol. The number of benzene rings is 2. The molecule has 1 heterocycles. The molecule has 0 saturated carbocycles. The van der Waals surface area contributed by atoms with Crippen LogP contribution in [-0.2, 0) is 25.5 Å². The highest BCUT2D eigenvalue weighted by molar-refractivity contribution is 6.29. The molecule has 0 aliphatic carbocycles. The molecule has 174 valence electrons. The van der Waals surface area contributed by atoms with Gasteiger partial charge < -0.3 is 25.8 Å².